The first-order valence-electron chi connectivity index (χ1n) is 7.02. The summed E-state index contributed by atoms with van der Waals surface area (Å²) in [7, 11) is 0. The van der Waals surface area contributed by atoms with Crippen LogP contribution in [0.1, 0.15) is 16.1 Å². The zero-order chi connectivity index (χ0) is 18.9. The second kappa shape index (κ2) is 6.71. The minimum Gasteiger partial charge on any atom is -0.477 e. The van der Waals surface area contributed by atoms with E-state index in [2.05, 4.69) is 4.98 Å². The van der Waals surface area contributed by atoms with Crippen LogP contribution in [0.4, 0.5) is 13.2 Å². The molecule has 0 saturated carbocycles. The Morgan fingerprint density at radius 2 is 1.92 bits per heavy atom. The van der Waals surface area contributed by atoms with Gasteiger partial charge in [0.05, 0.1) is 6.20 Å². The first-order valence-corrected chi connectivity index (χ1v) is 7.84. The van der Waals surface area contributed by atoms with Crippen molar-refractivity contribution in [1.29, 1.82) is 0 Å². The molecular formula is C16H9F3N2O4S. The van der Waals surface area contributed by atoms with Crippen LogP contribution in [-0.4, -0.2) is 21.0 Å². The molecule has 0 aliphatic heterocycles. The molecule has 2 aromatic heterocycles. The Morgan fingerprint density at radius 3 is 2.54 bits per heavy atom. The number of carboxylic acids is 1. The van der Waals surface area contributed by atoms with Gasteiger partial charge in [-0.25, -0.2) is 9.78 Å². The van der Waals surface area contributed by atoms with E-state index in [1.807, 2.05) is 0 Å². The summed E-state index contributed by atoms with van der Waals surface area (Å²) in [5.41, 5.74) is -2.84. The topological polar surface area (TPSA) is 96.2 Å². The van der Waals surface area contributed by atoms with Crippen molar-refractivity contribution in [2.45, 2.75) is 16.3 Å². The maximum Gasteiger partial charge on any atom is 0.431 e. The number of nitrogens with zero attached hydrogens (tertiary/aromatic N) is 1. The zero-order valence-corrected chi connectivity index (χ0v) is 13.5. The second-order valence-electron chi connectivity index (χ2n) is 5.01. The summed E-state index contributed by atoms with van der Waals surface area (Å²) in [6.45, 7) is 0. The van der Waals surface area contributed by atoms with Gasteiger partial charge in [-0.05, 0) is 17.8 Å². The van der Waals surface area contributed by atoms with Crippen LogP contribution in [0.5, 0.6) is 0 Å². The van der Waals surface area contributed by atoms with Crippen molar-refractivity contribution in [3.63, 3.8) is 0 Å². The number of pyridine rings is 1. The van der Waals surface area contributed by atoms with Crippen LogP contribution < -0.4 is 5.56 Å². The first kappa shape index (κ1) is 17.8. The number of H-pyrrole nitrogens is 1. The molecule has 0 unspecified atom stereocenters. The Morgan fingerprint density at radius 1 is 1.23 bits per heavy atom. The van der Waals surface area contributed by atoms with Gasteiger partial charge in [0.15, 0.2) is 5.76 Å². The first-order chi connectivity index (χ1) is 12.3. The molecule has 134 valence electrons. The van der Waals surface area contributed by atoms with E-state index >= 15 is 0 Å². The van der Waals surface area contributed by atoms with Crippen molar-refractivity contribution in [3.8, 4) is 11.3 Å². The van der Waals surface area contributed by atoms with Crippen LogP contribution in [0.25, 0.3) is 11.3 Å². The number of benzene rings is 1. The SMILES string of the molecule is O=C(O)c1c(Sc2ncc(-c3ccccc3)o2)cc(C(F)(F)F)[nH]c1=O. The number of carboxylic acid groups (broad SMARTS) is 1. The maximum absolute atomic E-state index is 12.9. The van der Waals surface area contributed by atoms with E-state index in [1.54, 1.807) is 30.3 Å². The molecule has 2 N–H and O–H groups in total. The van der Waals surface area contributed by atoms with Crippen LogP contribution in [0.3, 0.4) is 0 Å². The Hall–Kier alpha value is -3.01. The van der Waals surface area contributed by atoms with Crippen molar-refractivity contribution in [2.75, 3.05) is 0 Å². The van der Waals surface area contributed by atoms with Gasteiger partial charge in [-0.1, -0.05) is 30.3 Å². The quantitative estimate of drug-likeness (QED) is 0.711. The highest BCUT2D eigenvalue weighted by Gasteiger charge is 2.34. The molecule has 6 nitrogen and oxygen atoms in total. The molecule has 0 radical (unpaired) electrons. The largest absolute Gasteiger partial charge is 0.477 e. The lowest BCUT2D eigenvalue weighted by Crippen LogP contribution is -2.23. The molecule has 0 aliphatic rings. The summed E-state index contributed by atoms with van der Waals surface area (Å²) >= 11 is 0.524. The predicted octanol–water partition coefficient (Wildman–Crippen LogP) is 3.90. The number of aromatic carboxylic acids is 1. The average Bonchev–Trinajstić information content (AvgIpc) is 3.02. The van der Waals surface area contributed by atoms with E-state index in [1.165, 1.54) is 11.2 Å². The number of alkyl halides is 3. The van der Waals surface area contributed by atoms with Crippen LogP contribution >= 0.6 is 11.8 Å². The lowest BCUT2D eigenvalue weighted by Gasteiger charge is -2.09. The zero-order valence-electron chi connectivity index (χ0n) is 12.7. The Bertz CT molecular complexity index is 1010. The van der Waals surface area contributed by atoms with Crippen LogP contribution in [-0.2, 0) is 6.18 Å². The van der Waals surface area contributed by atoms with E-state index in [0.717, 1.165) is 0 Å². The fraction of sp³-hybridized carbons (Fsp3) is 0.0625. The average molecular weight is 382 g/mol. The van der Waals surface area contributed by atoms with Gasteiger partial charge in [-0.2, -0.15) is 13.2 Å². The van der Waals surface area contributed by atoms with Gasteiger partial charge >= 0.3 is 12.1 Å². The highest BCUT2D eigenvalue weighted by Crippen LogP contribution is 2.35. The van der Waals surface area contributed by atoms with E-state index in [-0.39, 0.29) is 5.22 Å². The second-order valence-corrected chi connectivity index (χ2v) is 6.01. The molecule has 1 aromatic carbocycles. The number of carbonyl (C=O) groups is 1. The molecule has 3 rings (SSSR count). The van der Waals surface area contributed by atoms with Crippen LogP contribution in [0, 0.1) is 0 Å². The smallest absolute Gasteiger partial charge is 0.431 e. The van der Waals surface area contributed by atoms with Gasteiger partial charge in [0, 0.05) is 10.5 Å². The molecule has 0 bridgehead atoms. The molecule has 0 fully saturated rings. The highest BCUT2D eigenvalue weighted by atomic mass is 32.2. The molecule has 2 heterocycles. The third-order valence-corrected chi connectivity index (χ3v) is 4.16. The fourth-order valence-corrected chi connectivity index (χ4v) is 2.99. The number of rotatable bonds is 4. The number of oxazole rings is 1. The van der Waals surface area contributed by atoms with Crippen molar-refractivity contribution in [3.05, 3.63) is 64.2 Å². The Kier molecular flexibility index (Phi) is 4.60. The molecule has 0 spiro atoms. The van der Waals surface area contributed by atoms with Gasteiger partial charge in [0.1, 0.15) is 11.3 Å². The van der Waals surface area contributed by atoms with Crippen LogP contribution in [0.2, 0.25) is 0 Å². The van der Waals surface area contributed by atoms with E-state index in [4.69, 9.17) is 9.52 Å². The van der Waals surface area contributed by atoms with E-state index in [0.29, 0.717) is 29.2 Å². The van der Waals surface area contributed by atoms with Crippen molar-refractivity contribution in [2.24, 2.45) is 0 Å². The van der Waals surface area contributed by atoms with Crippen molar-refractivity contribution in [1.82, 2.24) is 9.97 Å². The third kappa shape index (κ3) is 3.64. The Balaban J connectivity index is 2.02. The minimum absolute atomic E-state index is 0.0925. The summed E-state index contributed by atoms with van der Waals surface area (Å²) in [6.07, 6.45) is -3.48. The third-order valence-electron chi connectivity index (χ3n) is 3.26. The number of halogens is 3. The van der Waals surface area contributed by atoms with Gasteiger partial charge < -0.3 is 14.5 Å². The molecule has 0 atom stereocenters. The summed E-state index contributed by atoms with van der Waals surface area (Å²) in [4.78, 5) is 28.0. The highest BCUT2D eigenvalue weighted by molar-refractivity contribution is 7.99. The van der Waals surface area contributed by atoms with Gasteiger partial charge in [-0.3, -0.25) is 4.79 Å². The normalized spacial score (nSPS) is 11.5. The number of hydrogen-bond acceptors (Lipinski definition) is 5. The summed E-state index contributed by atoms with van der Waals surface area (Å²) in [6, 6.07) is 9.35. The summed E-state index contributed by atoms with van der Waals surface area (Å²) in [5.74, 6) is -1.30. The van der Waals surface area contributed by atoms with E-state index in [9.17, 15) is 22.8 Å². The van der Waals surface area contributed by atoms with Gasteiger partial charge in [-0.15, -0.1) is 0 Å². The predicted molar refractivity (Wildman–Crippen MR) is 85.1 cm³/mol. The molecule has 3 aromatic rings. The minimum atomic E-state index is -4.84. The summed E-state index contributed by atoms with van der Waals surface area (Å²) < 4.78 is 44.1. The lowest BCUT2D eigenvalue weighted by atomic mass is 10.2. The monoisotopic (exact) mass is 382 g/mol. The Labute approximate surface area is 147 Å². The molecule has 0 saturated heterocycles. The fourth-order valence-electron chi connectivity index (χ4n) is 2.11. The molecule has 0 aliphatic carbocycles. The molecule has 26 heavy (non-hydrogen) atoms. The lowest BCUT2D eigenvalue weighted by molar-refractivity contribution is -0.141. The number of aromatic amines is 1. The molecule has 10 heteroatoms. The van der Waals surface area contributed by atoms with Gasteiger partial charge in [0.25, 0.3) is 10.8 Å². The maximum atomic E-state index is 12.9. The number of nitrogens with one attached hydrogen (secondary N) is 1. The standard InChI is InChI=1S/C16H9F3N2O4S/c17-16(18,19)11-6-10(12(14(23)24)13(22)21-11)26-15-20-7-9(25-15)8-4-2-1-3-5-8/h1-7H,(H,21,22)(H,23,24). The van der Waals surface area contributed by atoms with Crippen molar-refractivity contribution < 1.29 is 27.5 Å². The van der Waals surface area contributed by atoms with Crippen LogP contribution in [0.15, 0.2) is 61.9 Å². The van der Waals surface area contributed by atoms with Crippen molar-refractivity contribution >= 4 is 17.7 Å². The molecular weight excluding hydrogens is 373 g/mol. The molecule has 0 amide bonds. The number of hydrogen-bond donors (Lipinski definition) is 2. The van der Waals surface area contributed by atoms with Gasteiger partial charge in [0.2, 0.25) is 0 Å². The number of aromatic nitrogens is 2. The van der Waals surface area contributed by atoms with E-state index < -0.39 is 33.9 Å². The summed E-state index contributed by atoms with van der Waals surface area (Å²) in [5, 5.41) is 9.04.